The first kappa shape index (κ1) is 11.7. The Balaban J connectivity index is 2.09. The number of hydrogen-bond acceptors (Lipinski definition) is 2. The molecule has 14 heavy (non-hydrogen) atoms. The molecule has 1 heterocycles. The largest absolute Gasteiger partial charge is 0.362 e. The van der Waals surface area contributed by atoms with E-state index < -0.39 is 0 Å². The van der Waals surface area contributed by atoms with Crippen LogP contribution < -0.4 is 16.0 Å². The lowest BCUT2D eigenvalue weighted by atomic mass is 9.98. The quantitative estimate of drug-likeness (QED) is 0.610. The molecule has 0 spiro atoms. The van der Waals surface area contributed by atoms with E-state index in [1.165, 1.54) is 12.8 Å². The van der Waals surface area contributed by atoms with E-state index in [1.807, 2.05) is 0 Å². The zero-order chi connectivity index (χ0) is 10.4. The lowest BCUT2D eigenvalue weighted by Crippen LogP contribution is -2.42. The highest BCUT2D eigenvalue weighted by atomic mass is 32.1. The fourth-order valence-corrected chi connectivity index (χ4v) is 1.96. The first-order chi connectivity index (χ1) is 6.68. The zero-order valence-corrected chi connectivity index (χ0v) is 9.91. The van der Waals surface area contributed by atoms with Gasteiger partial charge in [0.1, 0.15) is 0 Å². The third-order valence-electron chi connectivity index (χ3n) is 2.43. The summed E-state index contributed by atoms with van der Waals surface area (Å²) in [7, 11) is 0. The highest BCUT2D eigenvalue weighted by Crippen LogP contribution is 2.09. The zero-order valence-electron chi connectivity index (χ0n) is 9.10. The van der Waals surface area contributed by atoms with Gasteiger partial charge in [-0.15, -0.1) is 0 Å². The van der Waals surface area contributed by atoms with E-state index in [0.29, 0.717) is 6.04 Å². The molecule has 0 atom stereocenters. The number of hydrogen-bond donors (Lipinski definition) is 3. The van der Waals surface area contributed by atoms with Crippen LogP contribution in [0.15, 0.2) is 0 Å². The average Bonchev–Trinajstić information content (AvgIpc) is 2.15. The Labute approximate surface area is 92.0 Å². The van der Waals surface area contributed by atoms with Crippen molar-refractivity contribution in [3.05, 3.63) is 0 Å². The second-order valence-corrected chi connectivity index (χ2v) is 4.61. The minimum absolute atomic E-state index is 0.419. The maximum atomic E-state index is 5.16. The van der Waals surface area contributed by atoms with Crippen molar-refractivity contribution in [2.45, 2.75) is 32.7 Å². The van der Waals surface area contributed by atoms with Crippen LogP contribution in [0.4, 0.5) is 0 Å². The van der Waals surface area contributed by atoms with Crippen LogP contribution in [-0.4, -0.2) is 30.8 Å². The molecular weight excluding hydrogens is 194 g/mol. The smallest absolute Gasteiger partial charge is 0.166 e. The molecule has 0 saturated carbocycles. The van der Waals surface area contributed by atoms with E-state index in [2.05, 4.69) is 29.8 Å². The van der Waals surface area contributed by atoms with Crippen LogP contribution in [0.25, 0.3) is 0 Å². The van der Waals surface area contributed by atoms with Gasteiger partial charge in [0.25, 0.3) is 0 Å². The number of nitrogens with one attached hydrogen (secondary N) is 3. The molecule has 0 amide bonds. The maximum Gasteiger partial charge on any atom is 0.166 e. The van der Waals surface area contributed by atoms with Gasteiger partial charge in [-0.25, -0.2) is 0 Å². The molecule has 1 aliphatic rings. The van der Waals surface area contributed by atoms with Gasteiger partial charge < -0.3 is 16.0 Å². The Morgan fingerprint density at radius 1 is 1.43 bits per heavy atom. The van der Waals surface area contributed by atoms with Crippen LogP contribution in [0.2, 0.25) is 0 Å². The van der Waals surface area contributed by atoms with E-state index in [4.69, 9.17) is 12.2 Å². The number of thiocarbonyl (C=S) groups is 1. The van der Waals surface area contributed by atoms with Gasteiger partial charge in [0.15, 0.2) is 5.11 Å². The second-order valence-electron chi connectivity index (χ2n) is 4.20. The molecule has 0 aromatic heterocycles. The standard InChI is InChI=1S/C10H21N3S/c1-8(2)13-10(14)12-7-9-3-5-11-6-4-9/h8-9,11H,3-7H2,1-2H3,(H2,12,13,14). The van der Waals surface area contributed by atoms with Crippen LogP contribution in [0.5, 0.6) is 0 Å². The SMILES string of the molecule is CC(C)NC(=S)NCC1CCNCC1. The van der Waals surface area contributed by atoms with E-state index >= 15 is 0 Å². The molecule has 4 heteroatoms. The minimum atomic E-state index is 0.419. The van der Waals surface area contributed by atoms with Crippen molar-refractivity contribution in [3.63, 3.8) is 0 Å². The van der Waals surface area contributed by atoms with Crippen molar-refractivity contribution in [2.75, 3.05) is 19.6 Å². The summed E-state index contributed by atoms with van der Waals surface area (Å²) >= 11 is 5.16. The molecule has 0 radical (unpaired) electrons. The summed E-state index contributed by atoms with van der Waals surface area (Å²) in [6.07, 6.45) is 2.52. The van der Waals surface area contributed by atoms with Gasteiger partial charge in [-0.3, -0.25) is 0 Å². The van der Waals surface area contributed by atoms with Crippen LogP contribution in [0, 0.1) is 5.92 Å². The molecule has 1 fully saturated rings. The van der Waals surface area contributed by atoms with Crippen molar-refractivity contribution < 1.29 is 0 Å². The number of piperidine rings is 1. The summed E-state index contributed by atoms with van der Waals surface area (Å²) < 4.78 is 0. The molecule has 82 valence electrons. The third-order valence-corrected chi connectivity index (χ3v) is 2.69. The van der Waals surface area contributed by atoms with E-state index in [1.54, 1.807) is 0 Å². The molecule has 0 unspecified atom stereocenters. The molecule has 1 aliphatic heterocycles. The highest BCUT2D eigenvalue weighted by Gasteiger charge is 2.12. The van der Waals surface area contributed by atoms with Gasteiger partial charge in [0.05, 0.1) is 0 Å². The average molecular weight is 215 g/mol. The first-order valence-corrected chi connectivity index (χ1v) is 5.84. The van der Waals surface area contributed by atoms with Crippen LogP contribution in [0.1, 0.15) is 26.7 Å². The first-order valence-electron chi connectivity index (χ1n) is 5.43. The molecule has 1 saturated heterocycles. The lowest BCUT2D eigenvalue weighted by Gasteiger charge is -2.23. The Morgan fingerprint density at radius 2 is 2.07 bits per heavy atom. The molecule has 0 aromatic rings. The second kappa shape index (κ2) is 6.19. The van der Waals surface area contributed by atoms with Crippen molar-refractivity contribution >= 4 is 17.3 Å². The molecule has 3 nitrogen and oxygen atoms in total. The summed E-state index contributed by atoms with van der Waals surface area (Å²) in [5, 5.41) is 10.6. The Bertz CT molecular complexity index is 176. The normalized spacial score (nSPS) is 18.2. The minimum Gasteiger partial charge on any atom is -0.362 e. The highest BCUT2D eigenvalue weighted by molar-refractivity contribution is 7.80. The van der Waals surface area contributed by atoms with Gasteiger partial charge in [-0.1, -0.05) is 0 Å². The molecule has 1 rings (SSSR count). The van der Waals surface area contributed by atoms with Gasteiger partial charge >= 0.3 is 0 Å². The molecular formula is C10H21N3S. The monoisotopic (exact) mass is 215 g/mol. The molecule has 3 N–H and O–H groups in total. The van der Waals surface area contributed by atoms with Crippen LogP contribution in [-0.2, 0) is 0 Å². The van der Waals surface area contributed by atoms with Gasteiger partial charge in [0.2, 0.25) is 0 Å². The Kier molecular flexibility index (Phi) is 5.19. The van der Waals surface area contributed by atoms with Crippen molar-refractivity contribution in [1.82, 2.24) is 16.0 Å². The topological polar surface area (TPSA) is 36.1 Å². The van der Waals surface area contributed by atoms with Crippen molar-refractivity contribution in [2.24, 2.45) is 5.92 Å². The fourth-order valence-electron chi connectivity index (χ4n) is 1.64. The predicted molar refractivity (Wildman–Crippen MR) is 64.5 cm³/mol. The summed E-state index contributed by atoms with van der Waals surface area (Å²) in [6.45, 7) is 7.50. The van der Waals surface area contributed by atoms with E-state index in [-0.39, 0.29) is 0 Å². The summed E-state index contributed by atoms with van der Waals surface area (Å²) in [4.78, 5) is 0. The fraction of sp³-hybridized carbons (Fsp3) is 0.900. The van der Waals surface area contributed by atoms with Crippen molar-refractivity contribution in [3.8, 4) is 0 Å². The molecule has 0 bridgehead atoms. The van der Waals surface area contributed by atoms with Crippen LogP contribution in [0.3, 0.4) is 0 Å². The summed E-state index contributed by atoms with van der Waals surface area (Å²) in [6, 6.07) is 0.419. The van der Waals surface area contributed by atoms with Crippen molar-refractivity contribution in [1.29, 1.82) is 0 Å². The third kappa shape index (κ3) is 4.77. The Morgan fingerprint density at radius 3 is 2.64 bits per heavy atom. The molecule has 0 aliphatic carbocycles. The van der Waals surface area contributed by atoms with Gasteiger partial charge in [0, 0.05) is 12.6 Å². The summed E-state index contributed by atoms with van der Waals surface area (Å²) in [5.74, 6) is 0.781. The van der Waals surface area contributed by atoms with Gasteiger partial charge in [-0.2, -0.15) is 0 Å². The van der Waals surface area contributed by atoms with E-state index in [0.717, 1.165) is 30.7 Å². The molecule has 0 aromatic carbocycles. The predicted octanol–water partition coefficient (Wildman–Crippen LogP) is 0.858. The summed E-state index contributed by atoms with van der Waals surface area (Å²) in [5.41, 5.74) is 0. The maximum absolute atomic E-state index is 5.16. The van der Waals surface area contributed by atoms with Crippen LogP contribution >= 0.6 is 12.2 Å². The number of rotatable bonds is 3. The Hall–Kier alpha value is -0.350. The lowest BCUT2D eigenvalue weighted by molar-refractivity contribution is 0.371. The van der Waals surface area contributed by atoms with Gasteiger partial charge in [-0.05, 0) is 57.9 Å². The van der Waals surface area contributed by atoms with E-state index in [9.17, 15) is 0 Å².